The Morgan fingerprint density at radius 1 is 1.03 bits per heavy atom. The molecule has 2 aromatic carbocycles. The predicted octanol–water partition coefficient (Wildman–Crippen LogP) is 5.21. The average Bonchev–Trinajstić information content (AvgIpc) is 3.57. The zero-order valence-electron chi connectivity index (χ0n) is 17.1. The number of amides is 1. The molecule has 0 spiro atoms. The van der Waals surface area contributed by atoms with E-state index < -0.39 is 0 Å². The van der Waals surface area contributed by atoms with Crippen LogP contribution in [-0.2, 0) is 17.9 Å². The number of carbonyl (C=O) groups is 1. The van der Waals surface area contributed by atoms with Crippen LogP contribution in [0.3, 0.4) is 0 Å². The molecule has 0 radical (unpaired) electrons. The molecule has 0 aliphatic carbocycles. The highest BCUT2D eigenvalue weighted by molar-refractivity contribution is 7.99. The van der Waals surface area contributed by atoms with E-state index in [4.69, 9.17) is 4.42 Å². The van der Waals surface area contributed by atoms with Crippen molar-refractivity contribution < 1.29 is 9.21 Å². The second-order valence-corrected chi connectivity index (χ2v) is 9.03. The third kappa shape index (κ3) is 4.46. The lowest BCUT2D eigenvalue weighted by Crippen LogP contribution is -2.24. The minimum absolute atomic E-state index is 0.0425. The molecule has 1 N–H and O–H groups in total. The molecule has 160 valence electrons. The van der Waals surface area contributed by atoms with Gasteiger partial charge in [0.05, 0.1) is 18.6 Å². The van der Waals surface area contributed by atoms with E-state index in [0.717, 1.165) is 11.1 Å². The molecule has 5 rings (SSSR count). The van der Waals surface area contributed by atoms with Crippen LogP contribution in [0.5, 0.6) is 0 Å². The van der Waals surface area contributed by atoms with Gasteiger partial charge in [0, 0.05) is 11.2 Å². The Hall–Kier alpha value is -3.36. The monoisotopic (exact) mass is 460 g/mol. The Kier molecular flexibility index (Phi) is 6.04. The lowest BCUT2D eigenvalue weighted by molar-refractivity contribution is -0.118. The van der Waals surface area contributed by atoms with Crippen LogP contribution in [-0.4, -0.2) is 26.4 Å². The maximum Gasteiger partial charge on any atom is 0.230 e. The largest absolute Gasteiger partial charge is 0.461 e. The lowest BCUT2D eigenvalue weighted by Gasteiger charge is -2.09. The third-order valence-corrected chi connectivity index (χ3v) is 6.99. The number of benzene rings is 2. The van der Waals surface area contributed by atoms with Crippen LogP contribution in [0.15, 0.2) is 87.9 Å². The van der Waals surface area contributed by atoms with E-state index in [2.05, 4.69) is 45.2 Å². The van der Waals surface area contributed by atoms with Crippen LogP contribution in [0.4, 0.5) is 0 Å². The predicted molar refractivity (Wildman–Crippen MR) is 128 cm³/mol. The molecule has 0 saturated carbocycles. The first-order valence-corrected chi connectivity index (χ1v) is 12.0. The van der Waals surface area contributed by atoms with Crippen molar-refractivity contribution in [2.24, 2.45) is 0 Å². The molecular weight excluding hydrogens is 440 g/mol. The molecule has 3 aromatic heterocycles. The molecule has 0 bridgehead atoms. The van der Waals surface area contributed by atoms with Gasteiger partial charge in [-0.25, -0.2) is 0 Å². The molecule has 5 aromatic rings. The normalized spacial score (nSPS) is 11.1. The third-order valence-electron chi connectivity index (χ3n) is 5.01. The molecule has 1 amide bonds. The van der Waals surface area contributed by atoms with Crippen LogP contribution in [0, 0.1) is 0 Å². The minimum atomic E-state index is -0.0425. The number of hydrogen-bond acceptors (Lipinski definition) is 6. The van der Waals surface area contributed by atoms with Gasteiger partial charge in [-0.2, -0.15) is 0 Å². The smallest absolute Gasteiger partial charge is 0.230 e. The van der Waals surface area contributed by atoms with Crippen LogP contribution in [0.1, 0.15) is 11.1 Å². The summed E-state index contributed by atoms with van der Waals surface area (Å²) in [5.41, 5.74) is 2.26. The van der Waals surface area contributed by atoms with Gasteiger partial charge in [-0.15, -0.1) is 21.5 Å². The van der Waals surface area contributed by atoms with E-state index in [0.29, 0.717) is 29.8 Å². The molecule has 8 heteroatoms. The van der Waals surface area contributed by atoms with E-state index in [1.165, 1.54) is 21.8 Å². The van der Waals surface area contributed by atoms with Crippen LogP contribution in [0.25, 0.3) is 21.7 Å². The Balaban J connectivity index is 1.28. The first kappa shape index (κ1) is 20.5. The summed E-state index contributed by atoms with van der Waals surface area (Å²) in [6, 6.07) is 22.0. The van der Waals surface area contributed by atoms with Crippen molar-refractivity contribution in [3.63, 3.8) is 0 Å². The number of thioether (sulfide) groups is 1. The van der Waals surface area contributed by atoms with E-state index in [1.807, 2.05) is 47.0 Å². The second kappa shape index (κ2) is 9.42. The van der Waals surface area contributed by atoms with E-state index >= 15 is 0 Å². The molecule has 0 unspecified atom stereocenters. The Bertz CT molecular complexity index is 1330. The first-order valence-electron chi connectivity index (χ1n) is 10.1. The molecule has 32 heavy (non-hydrogen) atoms. The quantitative estimate of drug-likeness (QED) is 0.322. The fourth-order valence-electron chi connectivity index (χ4n) is 3.44. The van der Waals surface area contributed by atoms with Gasteiger partial charge in [-0.1, -0.05) is 60.3 Å². The maximum atomic E-state index is 12.5. The summed E-state index contributed by atoms with van der Waals surface area (Å²) in [6.07, 6.45) is 1.62. The fourth-order valence-corrected chi connectivity index (χ4v) is 5.17. The first-order chi connectivity index (χ1) is 15.8. The van der Waals surface area contributed by atoms with Gasteiger partial charge < -0.3 is 9.73 Å². The molecule has 0 atom stereocenters. The molecule has 3 heterocycles. The van der Waals surface area contributed by atoms with Crippen LogP contribution >= 0.6 is 23.1 Å². The highest BCUT2D eigenvalue weighted by atomic mass is 32.2. The number of aromatic nitrogens is 3. The molecule has 0 aliphatic rings. The highest BCUT2D eigenvalue weighted by Crippen LogP contribution is 2.27. The van der Waals surface area contributed by atoms with Gasteiger partial charge in [-0.3, -0.25) is 9.36 Å². The Morgan fingerprint density at radius 2 is 1.88 bits per heavy atom. The van der Waals surface area contributed by atoms with E-state index in [-0.39, 0.29) is 11.7 Å². The van der Waals surface area contributed by atoms with Gasteiger partial charge in [-0.05, 0) is 40.1 Å². The molecule has 0 saturated heterocycles. The van der Waals surface area contributed by atoms with Gasteiger partial charge in [0.1, 0.15) is 0 Å². The summed E-state index contributed by atoms with van der Waals surface area (Å²) in [6.45, 7) is 1.10. The number of thiophene rings is 1. The Labute approximate surface area is 193 Å². The van der Waals surface area contributed by atoms with Crippen molar-refractivity contribution in [2.75, 3.05) is 5.75 Å². The van der Waals surface area contributed by atoms with Crippen LogP contribution in [0.2, 0.25) is 0 Å². The SMILES string of the molecule is O=C(CSc1nnc(-c2ccco2)n1Cc1ccccc1)NCc1csc2ccccc12. The van der Waals surface area contributed by atoms with Crippen molar-refractivity contribution in [1.82, 2.24) is 20.1 Å². The summed E-state index contributed by atoms with van der Waals surface area (Å²) >= 11 is 3.06. The summed E-state index contributed by atoms with van der Waals surface area (Å²) in [7, 11) is 0. The number of hydrogen-bond donors (Lipinski definition) is 1. The average molecular weight is 461 g/mol. The zero-order chi connectivity index (χ0) is 21.8. The number of furan rings is 1. The summed E-state index contributed by atoms with van der Waals surface area (Å²) in [4.78, 5) is 12.5. The number of nitrogens with one attached hydrogen (secondary N) is 1. The number of fused-ring (bicyclic) bond motifs is 1. The zero-order valence-corrected chi connectivity index (χ0v) is 18.7. The van der Waals surface area contributed by atoms with E-state index in [1.54, 1.807) is 17.6 Å². The topological polar surface area (TPSA) is 73.0 Å². The highest BCUT2D eigenvalue weighted by Gasteiger charge is 2.18. The molecule has 6 nitrogen and oxygen atoms in total. The molecular formula is C24H20N4O2S2. The number of carbonyl (C=O) groups excluding carboxylic acids is 1. The van der Waals surface area contributed by atoms with Crippen LogP contribution < -0.4 is 5.32 Å². The minimum Gasteiger partial charge on any atom is -0.461 e. The number of rotatable bonds is 8. The van der Waals surface area contributed by atoms with Crippen molar-refractivity contribution in [2.45, 2.75) is 18.2 Å². The maximum absolute atomic E-state index is 12.5. The summed E-state index contributed by atoms with van der Waals surface area (Å²) in [5.74, 6) is 1.51. The van der Waals surface area contributed by atoms with Crippen molar-refractivity contribution in [3.05, 3.63) is 89.5 Å². The number of nitrogens with zero attached hydrogens (tertiary/aromatic N) is 3. The van der Waals surface area contributed by atoms with Crippen molar-refractivity contribution in [3.8, 4) is 11.6 Å². The second-order valence-electron chi connectivity index (χ2n) is 7.18. The summed E-state index contributed by atoms with van der Waals surface area (Å²) in [5, 5.41) is 15.6. The molecule has 0 fully saturated rings. The van der Waals surface area contributed by atoms with Gasteiger partial charge in [0.25, 0.3) is 0 Å². The standard InChI is InChI=1S/C24H20N4O2S2/c29-22(25-13-18-15-31-21-11-5-4-9-19(18)21)16-32-24-27-26-23(20-10-6-12-30-20)28(24)14-17-7-2-1-3-8-17/h1-12,15H,13-14,16H2,(H,25,29). The molecule has 0 aliphatic heterocycles. The van der Waals surface area contributed by atoms with Gasteiger partial charge in [0.15, 0.2) is 10.9 Å². The lowest BCUT2D eigenvalue weighted by atomic mass is 10.2. The van der Waals surface area contributed by atoms with Crippen molar-refractivity contribution >= 4 is 39.1 Å². The fraction of sp³-hybridized carbons (Fsp3) is 0.125. The van der Waals surface area contributed by atoms with Gasteiger partial charge >= 0.3 is 0 Å². The van der Waals surface area contributed by atoms with Crippen molar-refractivity contribution in [1.29, 1.82) is 0 Å². The Morgan fingerprint density at radius 3 is 2.72 bits per heavy atom. The van der Waals surface area contributed by atoms with E-state index in [9.17, 15) is 4.79 Å². The summed E-state index contributed by atoms with van der Waals surface area (Å²) < 4.78 is 8.75. The van der Waals surface area contributed by atoms with Gasteiger partial charge in [0.2, 0.25) is 11.7 Å².